The SMILES string of the molecule is O=C1NCc2sccc21. The molecule has 0 aromatic carbocycles. The Hall–Kier alpha value is -0.830. The lowest BCUT2D eigenvalue weighted by molar-refractivity contribution is 0.0966. The van der Waals surface area contributed by atoms with Crippen LogP contribution in [-0.2, 0) is 6.54 Å². The first-order chi connectivity index (χ1) is 4.38. The van der Waals surface area contributed by atoms with Crippen LogP contribution in [0.5, 0.6) is 0 Å². The van der Waals surface area contributed by atoms with Crippen LogP contribution in [0.3, 0.4) is 0 Å². The Kier molecular flexibility index (Phi) is 0.873. The molecule has 1 aromatic heterocycles. The van der Waals surface area contributed by atoms with Gasteiger partial charge in [0.05, 0.1) is 12.1 Å². The van der Waals surface area contributed by atoms with Crippen molar-refractivity contribution in [2.24, 2.45) is 0 Å². The van der Waals surface area contributed by atoms with Gasteiger partial charge in [0.1, 0.15) is 0 Å². The Balaban J connectivity index is 2.61. The molecule has 46 valence electrons. The molecule has 0 aliphatic carbocycles. The predicted octanol–water partition coefficient (Wildman–Crippen LogP) is 0.992. The van der Waals surface area contributed by atoms with Crippen LogP contribution < -0.4 is 5.32 Å². The Bertz CT molecular complexity index is 253. The lowest BCUT2D eigenvalue weighted by Gasteiger charge is -1.84. The third-order valence-electron chi connectivity index (χ3n) is 1.40. The zero-order chi connectivity index (χ0) is 6.27. The van der Waals surface area contributed by atoms with Crippen molar-refractivity contribution in [2.45, 2.75) is 6.54 Å². The summed E-state index contributed by atoms with van der Waals surface area (Å²) in [5.41, 5.74) is 0.861. The van der Waals surface area contributed by atoms with Crippen LogP contribution in [0.4, 0.5) is 0 Å². The highest BCUT2D eigenvalue weighted by molar-refractivity contribution is 7.10. The zero-order valence-electron chi connectivity index (χ0n) is 4.68. The molecular weight excluding hydrogens is 134 g/mol. The van der Waals surface area contributed by atoms with Gasteiger partial charge in [0.25, 0.3) is 5.91 Å². The van der Waals surface area contributed by atoms with Gasteiger partial charge in [-0.1, -0.05) is 0 Å². The van der Waals surface area contributed by atoms with Gasteiger partial charge < -0.3 is 5.32 Å². The molecule has 0 saturated carbocycles. The molecule has 1 N–H and O–H groups in total. The van der Waals surface area contributed by atoms with Crippen LogP contribution in [0.1, 0.15) is 15.2 Å². The highest BCUT2D eigenvalue weighted by atomic mass is 32.1. The fourth-order valence-electron chi connectivity index (χ4n) is 0.936. The molecule has 0 bridgehead atoms. The van der Waals surface area contributed by atoms with Crippen molar-refractivity contribution in [3.63, 3.8) is 0 Å². The fraction of sp³-hybridized carbons (Fsp3) is 0.167. The molecule has 9 heavy (non-hydrogen) atoms. The summed E-state index contributed by atoms with van der Waals surface area (Å²) in [5, 5.41) is 4.68. The summed E-state index contributed by atoms with van der Waals surface area (Å²) in [6.45, 7) is 0.728. The average molecular weight is 139 g/mol. The quantitative estimate of drug-likeness (QED) is 0.570. The van der Waals surface area contributed by atoms with Gasteiger partial charge in [-0.2, -0.15) is 0 Å². The van der Waals surface area contributed by atoms with Gasteiger partial charge in [-0.15, -0.1) is 11.3 Å². The topological polar surface area (TPSA) is 29.1 Å². The molecule has 0 radical (unpaired) electrons. The molecule has 1 aromatic rings. The molecule has 0 fully saturated rings. The van der Waals surface area contributed by atoms with Crippen molar-refractivity contribution >= 4 is 17.2 Å². The smallest absolute Gasteiger partial charge is 0.252 e. The van der Waals surface area contributed by atoms with Crippen molar-refractivity contribution < 1.29 is 4.79 Å². The second-order valence-electron chi connectivity index (χ2n) is 1.94. The predicted molar refractivity (Wildman–Crippen MR) is 35.5 cm³/mol. The molecule has 2 heterocycles. The number of rotatable bonds is 0. The Morgan fingerprint density at radius 2 is 2.56 bits per heavy atom. The van der Waals surface area contributed by atoms with E-state index in [1.54, 1.807) is 11.3 Å². The molecular formula is C6H5NOS. The summed E-state index contributed by atoms with van der Waals surface area (Å²) < 4.78 is 0. The summed E-state index contributed by atoms with van der Waals surface area (Å²) in [4.78, 5) is 12.0. The van der Waals surface area contributed by atoms with Gasteiger partial charge in [-0.05, 0) is 11.4 Å². The maximum Gasteiger partial charge on any atom is 0.252 e. The van der Waals surface area contributed by atoms with E-state index in [9.17, 15) is 4.79 Å². The number of carbonyl (C=O) groups is 1. The first-order valence-electron chi connectivity index (χ1n) is 2.72. The molecule has 1 amide bonds. The van der Waals surface area contributed by atoms with E-state index in [0.29, 0.717) is 0 Å². The average Bonchev–Trinajstić information content (AvgIpc) is 2.35. The second kappa shape index (κ2) is 1.57. The van der Waals surface area contributed by atoms with Crippen LogP contribution in [0.2, 0.25) is 0 Å². The number of hydrogen-bond acceptors (Lipinski definition) is 2. The summed E-state index contributed by atoms with van der Waals surface area (Å²) >= 11 is 1.63. The molecule has 0 spiro atoms. The molecule has 0 saturated heterocycles. The van der Waals surface area contributed by atoms with E-state index in [1.807, 2.05) is 11.4 Å². The zero-order valence-corrected chi connectivity index (χ0v) is 5.49. The molecule has 3 heteroatoms. The highest BCUT2D eigenvalue weighted by Crippen LogP contribution is 2.20. The van der Waals surface area contributed by atoms with Gasteiger partial charge in [-0.25, -0.2) is 0 Å². The molecule has 2 nitrogen and oxygen atoms in total. The minimum atomic E-state index is 0.0752. The number of hydrogen-bond donors (Lipinski definition) is 1. The maximum absolute atomic E-state index is 10.8. The Labute approximate surface area is 56.5 Å². The summed E-state index contributed by atoms with van der Waals surface area (Å²) in [5.74, 6) is 0.0752. The van der Waals surface area contributed by atoms with E-state index in [1.165, 1.54) is 4.88 Å². The monoisotopic (exact) mass is 139 g/mol. The van der Waals surface area contributed by atoms with E-state index in [2.05, 4.69) is 5.32 Å². The Morgan fingerprint density at radius 3 is 3.33 bits per heavy atom. The van der Waals surface area contributed by atoms with Crippen LogP contribution in [0, 0.1) is 0 Å². The van der Waals surface area contributed by atoms with Crippen LogP contribution in [0.25, 0.3) is 0 Å². The first-order valence-corrected chi connectivity index (χ1v) is 3.60. The van der Waals surface area contributed by atoms with Crippen molar-refractivity contribution in [2.75, 3.05) is 0 Å². The van der Waals surface area contributed by atoms with E-state index in [0.717, 1.165) is 12.1 Å². The van der Waals surface area contributed by atoms with E-state index >= 15 is 0 Å². The minimum absolute atomic E-state index is 0.0752. The van der Waals surface area contributed by atoms with Crippen molar-refractivity contribution in [1.82, 2.24) is 5.32 Å². The summed E-state index contributed by atoms with van der Waals surface area (Å²) in [7, 11) is 0. The first kappa shape index (κ1) is 4.99. The highest BCUT2D eigenvalue weighted by Gasteiger charge is 2.18. The number of thiophene rings is 1. The van der Waals surface area contributed by atoms with Crippen molar-refractivity contribution in [1.29, 1.82) is 0 Å². The largest absolute Gasteiger partial charge is 0.347 e. The van der Waals surface area contributed by atoms with Gasteiger partial charge >= 0.3 is 0 Å². The lowest BCUT2D eigenvalue weighted by atomic mass is 10.3. The number of amides is 1. The maximum atomic E-state index is 10.8. The molecule has 1 aliphatic rings. The lowest BCUT2D eigenvalue weighted by Crippen LogP contribution is -2.12. The third-order valence-corrected chi connectivity index (χ3v) is 2.32. The van der Waals surface area contributed by atoms with Crippen molar-refractivity contribution in [3.8, 4) is 0 Å². The van der Waals surface area contributed by atoms with Gasteiger partial charge in [0.15, 0.2) is 0 Å². The Morgan fingerprint density at radius 1 is 1.67 bits per heavy atom. The van der Waals surface area contributed by atoms with Crippen molar-refractivity contribution in [3.05, 3.63) is 21.9 Å². The molecule has 2 rings (SSSR count). The summed E-state index contributed by atoms with van der Waals surface area (Å²) in [6, 6.07) is 1.86. The van der Waals surface area contributed by atoms with E-state index in [-0.39, 0.29) is 5.91 Å². The van der Waals surface area contributed by atoms with Gasteiger partial charge in [0.2, 0.25) is 0 Å². The number of nitrogens with one attached hydrogen (secondary N) is 1. The normalized spacial score (nSPS) is 15.3. The minimum Gasteiger partial charge on any atom is -0.347 e. The third kappa shape index (κ3) is 0.580. The van der Waals surface area contributed by atoms with E-state index < -0.39 is 0 Å². The number of carbonyl (C=O) groups excluding carboxylic acids is 1. The number of fused-ring (bicyclic) bond motifs is 1. The summed E-state index contributed by atoms with van der Waals surface area (Å²) in [6.07, 6.45) is 0. The second-order valence-corrected chi connectivity index (χ2v) is 2.94. The van der Waals surface area contributed by atoms with Gasteiger partial charge in [0, 0.05) is 4.88 Å². The molecule has 0 unspecified atom stereocenters. The fourth-order valence-corrected chi connectivity index (χ4v) is 1.75. The standard InChI is InChI=1S/C6H5NOS/c8-6-4-1-2-9-5(4)3-7-6/h1-2H,3H2,(H,7,8). The van der Waals surface area contributed by atoms with E-state index in [4.69, 9.17) is 0 Å². The van der Waals surface area contributed by atoms with Crippen LogP contribution in [-0.4, -0.2) is 5.91 Å². The molecule has 0 atom stereocenters. The van der Waals surface area contributed by atoms with Crippen LogP contribution >= 0.6 is 11.3 Å². The van der Waals surface area contributed by atoms with Gasteiger partial charge in [-0.3, -0.25) is 4.79 Å². The van der Waals surface area contributed by atoms with Crippen LogP contribution in [0.15, 0.2) is 11.4 Å². The molecule has 1 aliphatic heterocycles.